The van der Waals surface area contributed by atoms with Crippen molar-refractivity contribution in [2.75, 3.05) is 13.2 Å². The van der Waals surface area contributed by atoms with Crippen LogP contribution in [0.2, 0.25) is 0 Å². The highest BCUT2D eigenvalue weighted by Gasteiger charge is 2.36. The molecule has 1 aliphatic heterocycles. The number of halogens is 1. The molecule has 0 aromatic heterocycles. The zero-order valence-corrected chi connectivity index (χ0v) is 14.8. The quantitative estimate of drug-likeness (QED) is 0.668. The van der Waals surface area contributed by atoms with Gasteiger partial charge in [0.1, 0.15) is 5.82 Å². The lowest BCUT2D eigenvalue weighted by Gasteiger charge is -2.19. The minimum absolute atomic E-state index is 0.0454. The first-order chi connectivity index (χ1) is 12.5. The molecule has 1 aliphatic rings. The number of rotatable bonds is 7. The molecular formula is C18H21FN2O4S. The van der Waals surface area contributed by atoms with Gasteiger partial charge in [-0.25, -0.2) is 17.5 Å². The van der Waals surface area contributed by atoms with Gasteiger partial charge >= 0.3 is 0 Å². The molecular weight excluding hydrogens is 359 g/mol. The van der Waals surface area contributed by atoms with E-state index in [1.54, 1.807) is 36.4 Å². The Morgan fingerprint density at radius 1 is 1.12 bits per heavy atom. The van der Waals surface area contributed by atoms with Crippen molar-refractivity contribution < 1.29 is 22.7 Å². The molecule has 3 rings (SSSR count). The van der Waals surface area contributed by atoms with E-state index in [-0.39, 0.29) is 30.4 Å². The molecule has 2 aromatic rings. The van der Waals surface area contributed by atoms with Crippen molar-refractivity contribution in [3.05, 3.63) is 66.0 Å². The van der Waals surface area contributed by atoms with Crippen molar-refractivity contribution in [1.82, 2.24) is 10.0 Å². The fraction of sp³-hybridized carbons (Fsp3) is 0.333. The summed E-state index contributed by atoms with van der Waals surface area (Å²) in [5.41, 5.74) is 0.493. The Kier molecular flexibility index (Phi) is 6.00. The van der Waals surface area contributed by atoms with Gasteiger partial charge in [0.2, 0.25) is 10.0 Å². The zero-order chi connectivity index (χ0) is 18.6. The van der Waals surface area contributed by atoms with E-state index in [0.29, 0.717) is 5.56 Å². The van der Waals surface area contributed by atoms with Gasteiger partial charge in [0.15, 0.2) is 0 Å². The molecule has 0 spiro atoms. The van der Waals surface area contributed by atoms with Crippen molar-refractivity contribution in [2.24, 2.45) is 0 Å². The Morgan fingerprint density at radius 3 is 2.54 bits per heavy atom. The molecule has 1 fully saturated rings. The maximum Gasteiger partial charge on any atom is 0.240 e. The summed E-state index contributed by atoms with van der Waals surface area (Å²) in [5.74, 6) is -0.319. The Balaban J connectivity index is 1.53. The molecule has 3 N–H and O–H groups in total. The zero-order valence-electron chi connectivity index (χ0n) is 14.0. The fourth-order valence-electron chi connectivity index (χ4n) is 2.80. The maximum absolute atomic E-state index is 13.6. The average Bonchev–Trinajstić information content (AvgIpc) is 3.00. The number of hydrogen-bond acceptors (Lipinski definition) is 5. The molecule has 8 heteroatoms. The Bertz CT molecular complexity index is 832. The van der Waals surface area contributed by atoms with Crippen LogP contribution in [0.5, 0.6) is 0 Å². The molecule has 0 saturated carbocycles. The Morgan fingerprint density at radius 2 is 1.81 bits per heavy atom. The fourth-order valence-corrected chi connectivity index (χ4v) is 3.87. The highest BCUT2D eigenvalue weighted by Crippen LogP contribution is 2.16. The Labute approximate surface area is 152 Å². The van der Waals surface area contributed by atoms with Gasteiger partial charge in [0.05, 0.1) is 29.8 Å². The van der Waals surface area contributed by atoms with E-state index in [1.807, 2.05) is 0 Å². The molecule has 3 unspecified atom stereocenters. The van der Waals surface area contributed by atoms with Gasteiger partial charge in [-0.05, 0) is 18.2 Å². The number of sulfonamides is 1. The molecule has 1 saturated heterocycles. The molecule has 3 atom stereocenters. The minimum atomic E-state index is -3.66. The molecule has 26 heavy (non-hydrogen) atoms. The predicted octanol–water partition coefficient (Wildman–Crippen LogP) is 1.02. The van der Waals surface area contributed by atoms with E-state index in [2.05, 4.69) is 10.0 Å². The first kappa shape index (κ1) is 18.9. The normalized spacial score (nSPS) is 23.2. The lowest BCUT2D eigenvalue weighted by atomic mass is 10.1. The van der Waals surface area contributed by atoms with E-state index < -0.39 is 28.3 Å². The highest BCUT2D eigenvalue weighted by atomic mass is 32.2. The van der Waals surface area contributed by atoms with Gasteiger partial charge in [-0.1, -0.05) is 36.4 Å². The molecule has 1 heterocycles. The van der Waals surface area contributed by atoms with E-state index in [0.717, 1.165) is 0 Å². The summed E-state index contributed by atoms with van der Waals surface area (Å²) in [5, 5.41) is 13.4. The largest absolute Gasteiger partial charge is 0.389 e. The van der Waals surface area contributed by atoms with Crippen molar-refractivity contribution in [3.8, 4) is 0 Å². The van der Waals surface area contributed by atoms with E-state index in [4.69, 9.17) is 4.74 Å². The molecule has 2 aromatic carbocycles. The molecule has 0 amide bonds. The predicted molar refractivity (Wildman–Crippen MR) is 94.4 cm³/mol. The summed E-state index contributed by atoms with van der Waals surface area (Å²) in [6.45, 7) is 0.420. The number of ether oxygens (including phenoxy) is 1. The van der Waals surface area contributed by atoms with Crippen LogP contribution < -0.4 is 10.0 Å². The molecule has 0 aliphatic carbocycles. The third kappa shape index (κ3) is 4.46. The second-order valence-electron chi connectivity index (χ2n) is 6.11. The van der Waals surface area contributed by atoms with Crippen molar-refractivity contribution in [3.63, 3.8) is 0 Å². The van der Waals surface area contributed by atoms with Crippen LogP contribution >= 0.6 is 0 Å². The number of benzene rings is 2. The lowest BCUT2D eigenvalue weighted by Crippen LogP contribution is -2.44. The third-order valence-electron chi connectivity index (χ3n) is 4.32. The third-order valence-corrected chi connectivity index (χ3v) is 5.76. The van der Waals surface area contributed by atoms with Gasteiger partial charge in [-0.15, -0.1) is 0 Å². The standard InChI is InChI=1S/C18H21FN2O4S/c19-15-9-5-4-6-13(15)10-20-16-12-25-17(18(16)22)11-21-26(23,24)14-7-2-1-3-8-14/h1-9,16-18,20-22H,10-12H2. The first-order valence-corrected chi connectivity index (χ1v) is 9.77. The van der Waals surface area contributed by atoms with Gasteiger partial charge in [-0.3, -0.25) is 0 Å². The number of aliphatic hydroxyl groups excluding tert-OH is 1. The lowest BCUT2D eigenvalue weighted by molar-refractivity contribution is 0.0443. The molecule has 0 radical (unpaired) electrons. The molecule has 140 valence electrons. The molecule has 6 nitrogen and oxygen atoms in total. The minimum Gasteiger partial charge on any atom is -0.389 e. The van der Waals surface area contributed by atoms with Gasteiger partial charge in [-0.2, -0.15) is 0 Å². The average molecular weight is 380 g/mol. The summed E-state index contributed by atoms with van der Waals surface area (Å²) in [4.78, 5) is 0.154. The van der Waals surface area contributed by atoms with Crippen LogP contribution in [0.25, 0.3) is 0 Å². The SMILES string of the molecule is O=S(=O)(NCC1OCC(NCc2ccccc2F)C1O)c1ccccc1. The van der Waals surface area contributed by atoms with E-state index >= 15 is 0 Å². The molecule has 0 bridgehead atoms. The van der Waals surface area contributed by atoms with Crippen LogP contribution in [0, 0.1) is 5.82 Å². The number of hydrogen-bond donors (Lipinski definition) is 3. The summed E-state index contributed by atoms with van der Waals surface area (Å²) in [6, 6.07) is 14.0. The highest BCUT2D eigenvalue weighted by molar-refractivity contribution is 7.89. The van der Waals surface area contributed by atoms with Crippen LogP contribution in [0.4, 0.5) is 4.39 Å². The Hall–Kier alpha value is -1.84. The first-order valence-electron chi connectivity index (χ1n) is 8.28. The van der Waals surface area contributed by atoms with Crippen molar-refractivity contribution in [2.45, 2.75) is 29.7 Å². The summed E-state index contributed by atoms with van der Waals surface area (Å²) < 4.78 is 46.0. The van der Waals surface area contributed by atoms with Crippen LogP contribution in [0.3, 0.4) is 0 Å². The van der Waals surface area contributed by atoms with Crippen LogP contribution in [0.15, 0.2) is 59.5 Å². The van der Waals surface area contributed by atoms with Gasteiger partial charge < -0.3 is 15.2 Å². The topological polar surface area (TPSA) is 87.7 Å². The smallest absolute Gasteiger partial charge is 0.240 e. The summed E-state index contributed by atoms with van der Waals surface area (Å²) in [6.07, 6.45) is -1.58. The maximum atomic E-state index is 13.6. The van der Waals surface area contributed by atoms with Crippen molar-refractivity contribution in [1.29, 1.82) is 0 Å². The second-order valence-corrected chi connectivity index (χ2v) is 7.87. The second kappa shape index (κ2) is 8.24. The number of nitrogens with one attached hydrogen (secondary N) is 2. The van der Waals surface area contributed by atoms with E-state index in [9.17, 15) is 17.9 Å². The number of aliphatic hydroxyl groups is 1. The summed E-state index contributed by atoms with van der Waals surface area (Å²) in [7, 11) is -3.66. The van der Waals surface area contributed by atoms with Crippen LogP contribution in [-0.4, -0.2) is 44.9 Å². The van der Waals surface area contributed by atoms with Gasteiger partial charge in [0.25, 0.3) is 0 Å². The monoisotopic (exact) mass is 380 g/mol. The van der Waals surface area contributed by atoms with Crippen LogP contribution in [-0.2, 0) is 21.3 Å². The van der Waals surface area contributed by atoms with Gasteiger partial charge in [0, 0.05) is 18.7 Å². The van der Waals surface area contributed by atoms with E-state index in [1.165, 1.54) is 18.2 Å². The summed E-state index contributed by atoms with van der Waals surface area (Å²) >= 11 is 0. The van der Waals surface area contributed by atoms with Crippen LogP contribution in [0.1, 0.15) is 5.56 Å². The van der Waals surface area contributed by atoms with Crippen molar-refractivity contribution >= 4 is 10.0 Å².